The molecule has 0 spiro atoms. The summed E-state index contributed by atoms with van der Waals surface area (Å²) >= 11 is 0. The van der Waals surface area contributed by atoms with E-state index in [2.05, 4.69) is 0 Å². The summed E-state index contributed by atoms with van der Waals surface area (Å²) in [4.78, 5) is 20.5. The molecular formula is C9H7F3N2O4. The number of halogens is 3. The monoisotopic (exact) mass is 264 g/mol. The number of amides is 1. The van der Waals surface area contributed by atoms with Crippen LogP contribution < -0.4 is 5.32 Å². The number of phenolic OH excluding ortho intramolecular Hbond substituents is 1. The van der Waals surface area contributed by atoms with E-state index in [1.165, 1.54) is 0 Å². The second-order valence-electron chi connectivity index (χ2n) is 3.30. The van der Waals surface area contributed by atoms with Crippen LogP contribution in [0.3, 0.4) is 0 Å². The van der Waals surface area contributed by atoms with Crippen molar-refractivity contribution in [1.29, 1.82) is 0 Å². The lowest BCUT2D eigenvalue weighted by molar-refractivity contribution is -0.384. The lowest BCUT2D eigenvalue weighted by Gasteiger charge is -2.08. The van der Waals surface area contributed by atoms with Gasteiger partial charge in [0.2, 0.25) is 5.91 Å². The molecule has 0 saturated carbocycles. The molecule has 1 amide bonds. The third-order valence-corrected chi connectivity index (χ3v) is 1.83. The smallest absolute Gasteiger partial charge is 0.397 e. The Bertz CT molecular complexity index is 487. The predicted octanol–water partition coefficient (Wildman–Crippen LogP) is 2.19. The minimum atomic E-state index is -4.67. The lowest BCUT2D eigenvalue weighted by atomic mass is 10.2. The highest BCUT2D eigenvalue weighted by Crippen LogP contribution is 2.28. The molecule has 1 rings (SSSR count). The highest BCUT2D eigenvalue weighted by atomic mass is 19.4. The van der Waals surface area contributed by atoms with Crippen LogP contribution in [0, 0.1) is 10.1 Å². The highest BCUT2D eigenvalue weighted by molar-refractivity contribution is 5.92. The number of carbonyl (C=O) groups excluding carboxylic acids is 1. The van der Waals surface area contributed by atoms with E-state index in [4.69, 9.17) is 0 Å². The van der Waals surface area contributed by atoms with E-state index in [1.807, 2.05) is 0 Å². The van der Waals surface area contributed by atoms with Crippen molar-refractivity contribution in [3.8, 4) is 5.75 Å². The first-order chi connectivity index (χ1) is 8.19. The zero-order valence-electron chi connectivity index (χ0n) is 8.69. The number of phenols is 1. The van der Waals surface area contributed by atoms with E-state index in [1.54, 1.807) is 5.32 Å². The molecule has 0 radical (unpaired) electrons. The first-order valence-electron chi connectivity index (χ1n) is 4.53. The number of anilines is 1. The third kappa shape index (κ3) is 3.92. The molecule has 9 heteroatoms. The Kier molecular flexibility index (Phi) is 3.74. The van der Waals surface area contributed by atoms with Gasteiger partial charge in [0.05, 0.1) is 16.7 Å². The summed E-state index contributed by atoms with van der Waals surface area (Å²) in [7, 11) is 0. The number of benzene rings is 1. The fraction of sp³-hybridized carbons (Fsp3) is 0.222. The maximum absolute atomic E-state index is 11.9. The number of non-ortho nitro benzene ring substituents is 1. The zero-order chi connectivity index (χ0) is 13.9. The van der Waals surface area contributed by atoms with Crippen molar-refractivity contribution in [2.45, 2.75) is 12.6 Å². The van der Waals surface area contributed by atoms with Crippen LogP contribution in [0.2, 0.25) is 0 Å². The van der Waals surface area contributed by atoms with Crippen molar-refractivity contribution in [2.24, 2.45) is 0 Å². The van der Waals surface area contributed by atoms with Gasteiger partial charge in [-0.2, -0.15) is 13.2 Å². The molecule has 0 aliphatic rings. The molecule has 18 heavy (non-hydrogen) atoms. The van der Waals surface area contributed by atoms with Crippen LogP contribution in [0.5, 0.6) is 5.75 Å². The Labute approximate surface area is 98.2 Å². The number of nitrogens with one attached hydrogen (secondary N) is 1. The molecule has 0 bridgehead atoms. The van der Waals surface area contributed by atoms with Gasteiger partial charge in [-0.1, -0.05) is 0 Å². The van der Waals surface area contributed by atoms with Gasteiger partial charge in [0, 0.05) is 6.07 Å². The second kappa shape index (κ2) is 4.90. The molecule has 2 N–H and O–H groups in total. The van der Waals surface area contributed by atoms with E-state index < -0.39 is 34.9 Å². The molecule has 0 unspecified atom stereocenters. The van der Waals surface area contributed by atoms with E-state index in [0.717, 1.165) is 18.2 Å². The molecule has 6 nitrogen and oxygen atoms in total. The van der Waals surface area contributed by atoms with Crippen LogP contribution in [-0.4, -0.2) is 22.1 Å². The fourth-order valence-electron chi connectivity index (χ4n) is 1.12. The topological polar surface area (TPSA) is 92.5 Å². The quantitative estimate of drug-likeness (QED) is 0.497. The molecular weight excluding hydrogens is 257 g/mol. The molecule has 0 aromatic heterocycles. The highest BCUT2D eigenvalue weighted by Gasteiger charge is 2.31. The summed E-state index contributed by atoms with van der Waals surface area (Å²) in [6.07, 6.45) is -6.37. The maximum Gasteiger partial charge on any atom is 0.397 e. The number of nitrogens with zero attached hydrogens (tertiary/aromatic N) is 1. The molecule has 0 atom stereocenters. The van der Waals surface area contributed by atoms with Crippen molar-refractivity contribution in [3.63, 3.8) is 0 Å². The first kappa shape index (κ1) is 13.7. The summed E-state index contributed by atoms with van der Waals surface area (Å²) < 4.78 is 35.6. The normalized spacial score (nSPS) is 11.1. The predicted molar refractivity (Wildman–Crippen MR) is 54.1 cm³/mol. The Morgan fingerprint density at radius 2 is 2.06 bits per heavy atom. The molecule has 1 aromatic rings. The number of rotatable bonds is 3. The second-order valence-corrected chi connectivity index (χ2v) is 3.30. The average molecular weight is 264 g/mol. The molecule has 0 saturated heterocycles. The van der Waals surface area contributed by atoms with Crippen molar-refractivity contribution in [3.05, 3.63) is 28.3 Å². The first-order valence-corrected chi connectivity index (χ1v) is 4.53. The number of alkyl halides is 3. The number of nitro groups is 1. The molecule has 0 fully saturated rings. The van der Waals surface area contributed by atoms with E-state index in [9.17, 15) is 33.2 Å². The lowest BCUT2D eigenvalue weighted by Crippen LogP contribution is -2.21. The summed E-state index contributed by atoms with van der Waals surface area (Å²) in [5.74, 6) is -2.05. The number of nitro benzene ring substituents is 1. The van der Waals surface area contributed by atoms with E-state index in [0.29, 0.717) is 0 Å². The average Bonchev–Trinajstić information content (AvgIpc) is 2.17. The van der Waals surface area contributed by atoms with E-state index in [-0.39, 0.29) is 5.69 Å². The summed E-state index contributed by atoms with van der Waals surface area (Å²) in [5.41, 5.74) is -0.767. The molecule has 98 valence electrons. The Balaban J connectivity index is 2.80. The Morgan fingerprint density at radius 1 is 1.44 bits per heavy atom. The largest absolute Gasteiger partial charge is 0.506 e. The zero-order valence-corrected chi connectivity index (χ0v) is 8.69. The van der Waals surface area contributed by atoms with Gasteiger partial charge in [-0.3, -0.25) is 14.9 Å². The van der Waals surface area contributed by atoms with Gasteiger partial charge < -0.3 is 10.4 Å². The molecule has 0 heterocycles. The van der Waals surface area contributed by atoms with Gasteiger partial charge in [0.1, 0.15) is 12.2 Å². The van der Waals surface area contributed by atoms with Gasteiger partial charge >= 0.3 is 6.18 Å². The SMILES string of the molecule is O=C(CC(F)(F)F)Nc1ccc([N+](=O)[O-])cc1O. The van der Waals surface area contributed by atoms with E-state index >= 15 is 0 Å². The van der Waals surface area contributed by atoms with Crippen LogP contribution in [0.4, 0.5) is 24.5 Å². The van der Waals surface area contributed by atoms with Gasteiger partial charge in [-0.05, 0) is 6.07 Å². The van der Waals surface area contributed by atoms with Crippen LogP contribution in [0.25, 0.3) is 0 Å². The van der Waals surface area contributed by atoms with Crippen molar-refractivity contribution >= 4 is 17.3 Å². The van der Waals surface area contributed by atoms with Crippen molar-refractivity contribution in [2.75, 3.05) is 5.32 Å². The van der Waals surface area contributed by atoms with Crippen molar-refractivity contribution < 1.29 is 28.0 Å². The van der Waals surface area contributed by atoms with Gasteiger partial charge in [-0.15, -0.1) is 0 Å². The van der Waals surface area contributed by atoms with Crippen LogP contribution in [0.1, 0.15) is 6.42 Å². The fourth-order valence-corrected chi connectivity index (χ4v) is 1.12. The number of hydrogen-bond acceptors (Lipinski definition) is 4. The molecule has 1 aromatic carbocycles. The van der Waals surface area contributed by atoms with Crippen LogP contribution in [-0.2, 0) is 4.79 Å². The van der Waals surface area contributed by atoms with Crippen LogP contribution >= 0.6 is 0 Å². The molecule has 0 aliphatic heterocycles. The van der Waals surface area contributed by atoms with Crippen molar-refractivity contribution in [1.82, 2.24) is 0 Å². The van der Waals surface area contributed by atoms with Gasteiger partial charge in [0.15, 0.2) is 0 Å². The Hall–Kier alpha value is -2.32. The number of hydrogen-bond donors (Lipinski definition) is 2. The maximum atomic E-state index is 11.9. The minimum absolute atomic E-state index is 0.324. The number of aromatic hydroxyl groups is 1. The van der Waals surface area contributed by atoms with Gasteiger partial charge in [-0.25, -0.2) is 0 Å². The van der Waals surface area contributed by atoms with Crippen LogP contribution in [0.15, 0.2) is 18.2 Å². The summed E-state index contributed by atoms with van der Waals surface area (Å²) in [5, 5.41) is 21.4. The third-order valence-electron chi connectivity index (χ3n) is 1.83. The summed E-state index contributed by atoms with van der Waals surface area (Å²) in [6, 6.07) is 2.62. The minimum Gasteiger partial charge on any atom is -0.506 e. The van der Waals surface area contributed by atoms with Gasteiger partial charge in [0.25, 0.3) is 5.69 Å². The molecule has 0 aliphatic carbocycles. The Morgan fingerprint density at radius 3 is 2.50 bits per heavy atom. The number of carbonyl (C=O) groups is 1. The summed E-state index contributed by atoms with van der Waals surface area (Å²) in [6.45, 7) is 0. The standard InChI is InChI=1S/C9H7F3N2O4/c10-9(11,12)4-8(16)13-6-2-1-5(14(17)18)3-7(6)15/h1-3,15H,4H2,(H,13,16).